The highest BCUT2D eigenvalue weighted by Gasteiger charge is 2.32. The van der Waals surface area contributed by atoms with Gasteiger partial charge in [0.1, 0.15) is 5.60 Å². The van der Waals surface area contributed by atoms with Crippen LogP contribution in [-0.2, 0) is 11.3 Å². The van der Waals surface area contributed by atoms with Gasteiger partial charge in [-0.05, 0) is 63.3 Å². The largest absolute Gasteiger partial charge is 0.444 e. The lowest BCUT2D eigenvalue weighted by atomic mass is 9.92. The molecule has 1 amide bonds. The maximum Gasteiger partial charge on any atom is 0.410 e. The Hall–Kier alpha value is -1.26. The van der Waals surface area contributed by atoms with E-state index in [0.29, 0.717) is 11.6 Å². The molecule has 1 N–H and O–H groups in total. The van der Waals surface area contributed by atoms with Gasteiger partial charge in [0.05, 0.1) is 12.6 Å². The average molecular weight is 326 g/mol. The van der Waals surface area contributed by atoms with Crippen LogP contribution in [0.1, 0.15) is 57.2 Å². The number of aliphatic hydroxyl groups is 1. The Balaban J connectivity index is 2.30. The molecule has 1 heterocycles. The number of benzene rings is 1. The van der Waals surface area contributed by atoms with E-state index in [1.165, 1.54) is 0 Å². The number of rotatable bonds is 2. The molecule has 1 fully saturated rings. The van der Waals surface area contributed by atoms with E-state index in [4.69, 9.17) is 16.3 Å². The summed E-state index contributed by atoms with van der Waals surface area (Å²) in [6.07, 6.45) is 2.56. The second kappa shape index (κ2) is 6.88. The smallest absolute Gasteiger partial charge is 0.410 e. The lowest BCUT2D eigenvalue weighted by molar-refractivity contribution is 0.00929. The zero-order chi connectivity index (χ0) is 16.3. The van der Waals surface area contributed by atoms with Crippen LogP contribution in [0.3, 0.4) is 0 Å². The van der Waals surface area contributed by atoms with Gasteiger partial charge in [-0.1, -0.05) is 17.7 Å². The summed E-state index contributed by atoms with van der Waals surface area (Å²) in [5, 5.41) is 10.2. The molecule has 2 rings (SSSR count). The fourth-order valence-corrected chi connectivity index (χ4v) is 2.99. The maximum atomic E-state index is 12.5. The number of carbonyl (C=O) groups excluding carboxylic acids is 1. The van der Waals surface area contributed by atoms with E-state index in [2.05, 4.69) is 0 Å². The van der Waals surface area contributed by atoms with Crippen molar-refractivity contribution in [3.8, 4) is 0 Å². The van der Waals surface area contributed by atoms with Crippen LogP contribution >= 0.6 is 11.6 Å². The molecule has 22 heavy (non-hydrogen) atoms. The van der Waals surface area contributed by atoms with Gasteiger partial charge in [0.2, 0.25) is 0 Å². The van der Waals surface area contributed by atoms with Crippen LogP contribution in [0.25, 0.3) is 0 Å². The van der Waals surface area contributed by atoms with E-state index < -0.39 is 5.60 Å². The summed E-state index contributed by atoms with van der Waals surface area (Å²) in [5.74, 6) is 0. The van der Waals surface area contributed by atoms with Crippen molar-refractivity contribution in [3.63, 3.8) is 0 Å². The number of halogens is 1. The van der Waals surface area contributed by atoms with Crippen LogP contribution in [0.4, 0.5) is 4.79 Å². The summed E-state index contributed by atoms with van der Waals surface area (Å²) in [5.41, 5.74) is 1.21. The number of piperidine rings is 1. The van der Waals surface area contributed by atoms with Crippen LogP contribution in [0.5, 0.6) is 0 Å². The number of carbonyl (C=O) groups is 1. The minimum atomic E-state index is -0.521. The second-order valence-electron chi connectivity index (χ2n) is 6.69. The molecule has 1 atom stereocenters. The molecule has 1 unspecified atom stereocenters. The van der Waals surface area contributed by atoms with Gasteiger partial charge in [-0.15, -0.1) is 0 Å². The first-order valence-corrected chi connectivity index (χ1v) is 8.08. The van der Waals surface area contributed by atoms with Crippen molar-refractivity contribution in [1.29, 1.82) is 0 Å². The summed E-state index contributed by atoms with van der Waals surface area (Å²) >= 11 is 6.11. The summed E-state index contributed by atoms with van der Waals surface area (Å²) in [6, 6.07) is 5.33. The van der Waals surface area contributed by atoms with Gasteiger partial charge in [-0.25, -0.2) is 4.79 Å². The molecular weight excluding hydrogens is 302 g/mol. The molecule has 122 valence electrons. The standard InChI is InChI=1S/C17H24ClNO3/c1-17(2,3)22-16(21)19-9-5-4-6-15(19)14-10-13(18)8-7-12(14)11-20/h7-8,10,15,20H,4-6,9,11H2,1-3H3. The summed E-state index contributed by atoms with van der Waals surface area (Å²) in [4.78, 5) is 14.3. The molecule has 1 saturated heterocycles. The molecule has 0 aliphatic carbocycles. The third-order valence-corrected chi connectivity index (χ3v) is 4.00. The normalized spacial score (nSPS) is 19.1. The maximum absolute atomic E-state index is 12.5. The van der Waals surface area contributed by atoms with E-state index in [-0.39, 0.29) is 18.7 Å². The molecule has 1 aliphatic rings. The molecule has 0 bridgehead atoms. The lowest BCUT2D eigenvalue weighted by Gasteiger charge is -2.37. The highest BCUT2D eigenvalue weighted by molar-refractivity contribution is 6.30. The molecule has 0 saturated carbocycles. The Labute approximate surface area is 137 Å². The number of ether oxygens (including phenoxy) is 1. The highest BCUT2D eigenvalue weighted by Crippen LogP contribution is 2.35. The van der Waals surface area contributed by atoms with Crippen molar-refractivity contribution in [2.24, 2.45) is 0 Å². The first-order chi connectivity index (χ1) is 10.3. The third kappa shape index (κ3) is 4.14. The predicted octanol–water partition coefficient (Wildman–Crippen LogP) is 4.29. The van der Waals surface area contributed by atoms with Gasteiger partial charge < -0.3 is 14.7 Å². The van der Waals surface area contributed by atoms with Crippen LogP contribution < -0.4 is 0 Å². The SMILES string of the molecule is CC(C)(C)OC(=O)N1CCCCC1c1cc(Cl)ccc1CO. The van der Waals surface area contributed by atoms with Crippen molar-refractivity contribution in [1.82, 2.24) is 4.90 Å². The van der Waals surface area contributed by atoms with E-state index >= 15 is 0 Å². The molecule has 5 heteroatoms. The number of likely N-dealkylation sites (tertiary alicyclic amines) is 1. The van der Waals surface area contributed by atoms with E-state index in [0.717, 1.165) is 30.4 Å². The third-order valence-electron chi connectivity index (χ3n) is 3.77. The van der Waals surface area contributed by atoms with Crippen molar-refractivity contribution in [2.75, 3.05) is 6.54 Å². The fraction of sp³-hybridized carbons (Fsp3) is 0.588. The minimum Gasteiger partial charge on any atom is -0.444 e. The predicted molar refractivity (Wildman–Crippen MR) is 86.9 cm³/mol. The fourth-order valence-electron chi connectivity index (χ4n) is 2.81. The topological polar surface area (TPSA) is 49.8 Å². The lowest BCUT2D eigenvalue weighted by Crippen LogP contribution is -2.42. The zero-order valence-electron chi connectivity index (χ0n) is 13.4. The van der Waals surface area contributed by atoms with Crippen LogP contribution in [0, 0.1) is 0 Å². The van der Waals surface area contributed by atoms with E-state index in [1.807, 2.05) is 32.9 Å². The van der Waals surface area contributed by atoms with Gasteiger partial charge in [0.15, 0.2) is 0 Å². The average Bonchev–Trinajstić information content (AvgIpc) is 2.45. The summed E-state index contributed by atoms with van der Waals surface area (Å²) < 4.78 is 5.52. The Kier molecular flexibility index (Phi) is 5.35. The molecule has 0 spiro atoms. The summed E-state index contributed by atoms with van der Waals surface area (Å²) in [7, 11) is 0. The molecule has 0 aromatic heterocycles. The van der Waals surface area contributed by atoms with Crippen molar-refractivity contribution >= 4 is 17.7 Å². The molecule has 0 radical (unpaired) electrons. The molecule has 4 nitrogen and oxygen atoms in total. The van der Waals surface area contributed by atoms with Gasteiger partial charge in [0, 0.05) is 11.6 Å². The van der Waals surface area contributed by atoms with Crippen LogP contribution in [0.15, 0.2) is 18.2 Å². The first kappa shape index (κ1) is 17.1. The van der Waals surface area contributed by atoms with Crippen LogP contribution in [0.2, 0.25) is 5.02 Å². The van der Waals surface area contributed by atoms with Gasteiger partial charge in [-0.2, -0.15) is 0 Å². The quantitative estimate of drug-likeness (QED) is 0.882. The van der Waals surface area contributed by atoms with Gasteiger partial charge >= 0.3 is 6.09 Å². The van der Waals surface area contributed by atoms with Crippen molar-refractivity contribution in [2.45, 2.75) is 58.3 Å². The van der Waals surface area contributed by atoms with Crippen molar-refractivity contribution in [3.05, 3.63) is 34.3 Å². The number of aliphatic hydroxyl groups excluding tert-OH is 1. The molecule has 1 aliphatic heterocycles. The van der Waals surface area contributed by atoms with E-state index in [9.17, 15) is 9.90 Å². The highest BCUT2D eigenvalue weighted by atomic mass is 35.5. The van der Waals surface area contributed by atoms with Crippen LogP contribution in [-0.4, -0.2) is 28.2 Å². The number of nitrogens with zero attached hydrogens (tertiary/aromatic N) is 1. The second-order valence-corrected chi connectivity index (χ2v) is 7.12. The molecule has 1 aromatic rings. The Bertz CT molecular complexity index is 539. The number of amides is 1. The van der Waals surface area contributed by atoms with Gasteiger partial charge in [0.25, 0.3) is 0 Å². The van der Waals surface area contributed by atoms with E-state index in [1.54, 1.807) is 11.0 Å². The Morgan fingerprint density at radius 2 is 2.14 bits per heavy atom. The van der Waals surface area contributed by atoms with Gasteiger partial charge in [-0.3, -0.25) is 0 Å². The summed E-state index contributed by atoms with van der Waals surface area (Å²) in [6.45, 7) is 6.19. The minimum absolute atomic E-state index is 0.0643. The first-order valence-electron chi connectivity index (χ1n) is 7.70. The Morgan fingerprint density at radius 1 is 1.41 bits per heavy atom. The zero-order valence-corrected chi connectivity index (χ0v) is 14.2. The van der Waals surface area contributed by atoms with Crippen molar-refractivity contribution < 1.29 is 14.6 Å². The molecular formula is C17H24ClNO3. The number of hydrogen-bond donors (Lipinski definition) is 1. The molecule has 1 aromatic carbocycles. The monoisotopic (exact) mass is 325 g/mol. The Morgan fingerprint density at radius 3 is 2.77 bits per heavy atom. The number of hydrogen-bond acceptors (Lipinski definition) is 3.